The maximum absolute atomic E-state index is 12.7. The number of hydrogen-bond acceptors (Lipinski definition) is 6. The van der Waals surface area contributed by atoms with Gasteiger partial charge in [-0.1, -0.05) is 40.2 Å². The predicted molar refractivity (Wildman–Crippen MR) is 115 cm³/mol. The van der Waals surface area contributed by atoms with E-state index < -0.39 is 16.8 Å². The third kappa shape index (κ3) is 4.20. The van der Waals surface area contributed by atoms with Gasteiger partial charge in [0.25, 0.3) is 11.6 Å². The Hall–Kier alpha value is -3.04. The van der Waals surface area contributed by atoms with Crippen LogP contribution in [0.5, 0.6) is 0 Å². The Labute approximate surface area is 178 Å². The highest BCUT2D eigenvalue weighted by molar-refractivity contribution is 9.10. The molecule has 0 saturated carbocycles. The van der Waals surface area contributed by atoms with Crippen LogP contribution in [0.3, 0.4) is 0 Å². The van der Waals surface area contributed by atoms with Crippen LogP contribution in [-0.4, -0.2) is 23.9 Å². The Morgan fingerprint density at radius 2 is 1.79 bits per heavy atom. The van der Waals surface area contributed by atoms with Gasteiger partial charge in [0, 0.05) is 21.0 Å². The lowest BCUT2D eigenvalue weighted by atomic mass is 10.0. The molecule has 9 heteroatoms. The van der Waals surface area contributed by atoms with E-state index in [0.29, 0.717) is 5.56 Å². The average molecular weight is 475 g/mol. The first-order chi connectivity index (χ1) is 13.8. The first-order valence-electron chi connectivity index (χ1n) is 8.36. The fraction of sp³-hybridized carbons (Fsp3) is 0.100. The number of nitro benzene ring substituents is 1. The molecule has 0 bridgehead atoms. The Kier molecular flexibility index (Phi) is 6.09. The molecule has 0 spiro atoms. The number of rotatable bonds is 5. The van der Waals surface area contributed by atoms with E-state index in [1.54, 1.807) is 0 Å². The zero-order chi connectivity index (χ0) is 21.1. The van der Waals surface area contributed by atoms with Crippen molar-refractivity contribution in [2.45, 2.75) is 6.92 Å². The summed E-state index contributed by atoms with van der Waals surface area (Å²) in [5, 5.41) is 14.1. The van der Waals surface area contributed by atoms with Gasteiger partial charge in [-0.2, -0.15) is 0 Å². The molecular weight excluding hydrogens is 460 g/mol. The molecule has 0 fully saturated rings. The first kappa shape index (κ1) is 20.7. The summed E-state index contributed by atoms with van der Waals surface area (Å²) < 4.78 is 5.81. The number of benzene rings is 2. The van der Waals surface area contributed by atoms with E-state index in [2.05, 4.69) is 21.2 Å². The minimum Gasteiger partial charge on any atom is -0.465 e. The number of anilines is 1. The lowest BCUT2D eigenvalue weighted by Gasteiger charge is -2.08. The van der Waals surface area contributed by atoms with E-state index in [4.69, 9.17) is 4.74 Å². The van der Waals surface area contributed by atoms with E-state index in [1.807, 2.05) is 31.2 Å². The minimum atomic E-state index is -0.675. The van der Waals surface area contributed by atoms with Crippen molar-refractivity contribution < 1.29 is 19.2 Å². The molecule has 29 heavy (non-hydrogen) atoms. The number of ether oxygens (including phenoxy) is 1. The number of nitro groups is 1. The maximum atomic E-state index is 12.7. The topological polar surface area (TPSA) is 98.5 Å². The molecule has 2 aromatic carbocycles. The number of carbonyl (C=O) groups excluding carboxylic acids is 2. The van der Waals surface area contributed by atoms with Crippen LogP contribution < -0.4 is 5.32 Å². The number of para-hydroxylation sites is 1. The second-order valence-electron chi connectivity index (χ2n) is 5.96. The molecule has 0 unspecified atom stereocenters. The quantitative estimate of drug-likeness (QED) is 0.301. The Balaban J connectivity index is 2.08. The molecular formula is C20H15BrN2O5S. The highest BCUT2D eigenvalue weighted by atomic mass is 79.9. The second-order valence-corrected chi connectivity index (χ2v) is 8.10. The Morgan fingerprint density at radius 3 is 2.41 bits per heavy atom. The molecule has 1 heterocycles. The number of esters is 1. The van der Waals surface area contributed by atoms with Gasteiger partial charge in [-0.25, -0.2) is 4.79 Å². The molecule has 3 aromatic rings. The summed E-state index contributed by atoms with van der Waals surface area (Å²) >= 11 is 4.59. The molecule has 0 aliphatic carbocycles. The van der Waals surface area contributed by atoms with E-state index in [9.17, 15) is 19.7 Å². The van der Waals surface area contributed by atoms with Crippen LogP contribution >= 0.6 is 27.3 Å². The summed E-state index contributed by atoms with van der Waals surface area (Å²) in [6.45, 7) is 1.83. The van der Waals surface area contributed by atoms with Crippen molar-refractivity contribution in [2.75, 3.05) is 12.4 Å². The second kappa shape index (κ2) is 8.54. The number of methoxy groups -OCH3 is 1. The van der Waals surface area contributed by atoms with Crippen molar-refractivity contribution in [1.29, 1.82) is 0 Å². The Bertz CT molecular complexity index is 1110. The zero-order valence-corrected chi connectivity index (χ0v) is 17.8. The van der Waals surface area contributed by atoms with Crippen LogP contribution in [-0.2, 0) is 4.74 Å². The van der Waals surface area contributed by atoms with Crippen molar-refractivity contribution in [2.24, 2.45) is 0 Å². The molecule has 3 rings (SSSR count). The standard InChI is InChI=1S/C20H15BrN2O5S/c1-11-16(12-7-9-13(21)10-8-12)17(20(25)28-2)19(29-11)22-18(24)14-5-3-4-6-15(14)23(26)27/h3-10H,1-2H3,(H,22,24). The van der Waals surface area contributed by atoms with E-state index in [1.165, 1.54) is 42.7 Å². The SMILES string of the molecule is COC(=O)c1c(NC(=O)c2ccccc2[N+](=O)[O-])sc(C)c1-c1ccc(Br)cc1. The number of nitrogens with zero attached hydrogens (tertiary/aromatic N) is 1. The highest BCUT2D eigenvalue weighted by Crippen LogP contribution is 2.41. The lowest BCUT2D eigenvalue weighted by Crippen LogP contribution is -2.15. The van der Waals surface area contributed by atoms with Crippen molar-refractivity contribution in [3.63, 3.8) is 0 Å². The number of aryl methyl sites for hydroxylation is 1. The van der Waals surface area contributed by atoms with Gasteiger partial charge in [0.15, 0.2) is 0 Å². The van der Waals surface area contributed by atoms with Crippen LogP contribution in [0.1, 0.15) is 25.6 Å². The van der Waals surface area contributed by atoms with Crippen molar-refractivity contribution in [1.82, 2.24) is 0 Å². The van der Waals surface area contributed by atoms with Crippen LogP contribution in [0.4, 0.5) is 10.7 Å². The molecule has 1 amide bonds. The third-order valence-corrected chi connectivity index (χ3v) is 5.73. The summed E-state index contributed by atoms with van der Waals surface area (Å²) in [7, 11) is 1.26. The summed E-state index contributed by atoms with van der Waals surface area (Å²) in [6, 6.07) is 13.0. The largest absolute Gasteiger partial charge is 0.465 e. The fourth-order valence-corrected chi connectivity index (χ4v) is 4.21. The molecule has 1 N–H and O–H groups in total. The molecule has 0 atom stereocenters. The van der Waals surface area contributed by atoms with E-state index in [0.717, 1.165) is 14.9 Å². The number of halogens is 1. The van der Waals surface area contributed by atoms with Crippen LogP contribution in [0.2, 0.25) is 0 Å². The fourth-order valence-electron chi connectivity index (χ4n) is 2.89. The van der Waals surface area contributed by atoms with Gasteiger partial charge < -0.3 is 10.1 Å². The van der Waals surface area contributed by atoms with Gasteiger partial charge in [0.1, 0.15) is 16.1 Å². The monoisotopic (exact) mass is 474 g/mol. The van der Waals surface area contributed by atoms with Gasteiger partial charge in [0.2, 0.25) is 0 Å². The van der Waals surface area contributed by atoms with Gasteiger partial charge in [-0.3, -0.25) is 14.9 Å². The predicted octanol–water partition coefficient (Wildman–Crippen LogP) is 5.43. The molecule has 148 valence electrons. The minimum absolute atomic E-state index is 0.0930. The third-order valence-electron chi connectivity index (χ3n) is 4.18. The molecule has 7 nitrogen and oxygen atoms in total. The number of nitrogens with one attached hydrogen (secondary N) is 1. The van der Waals surface area contributed by atoms with Crippen molar-refractivity contribution in [3.05, 3.63) is 79.1 Å². The van der Waals surface area contributed by atoms with Crippen molar-refractivity contribution >= 4 is 49.8 Å². The molecule has 0 radical (unpaired) electrons. The number of thiophene rings is 1. The van der Waals surface area contributed by atoms with Gasteiger partial charge in [-0.15, -0.1) is 11.3 Å². The Morgan fingerprint density at radius 1 is 1.14 bits per heavy atom. The molecule has 0 aliphatic heterocycles. The first-order valence-corrected chi connectivity index (χ1v) is 9.96. The number of carbonyl (C=O) groups is 2. The summed E-state index contributed by atoms with van der Waals surface area (Å²) in [4.78, 5) is 36.7. The zero-order valence-electron chi connectivity index (χ0n) is 15.4. The highest BCUT2D eigenvalue weighted by Gasteiger charge is 2.27. The van der Waals surface area contributed by atoms with Gasteiger partial charge in [-0.05, 0) is 30.7 Å². The van der Waals surface area contributed by atoms with E-state index >= 15 is 0 Å². The van der Waals surface area contributed by atoms with E-state index in [-0.39, 0.29) is 21.8 Å². The van der Waals surface area contributed by atoms with Crippen LogP contribution in [0.25, 0.3) is 11.1 Å². The van der Waals surface area contributed by atoms with Gasteiger partial charge in [0.05, 0.1) is 12.0 Å². The summed E-state index contributed by atoms with van der Waals surface area (Å²) in [5.74, 6) is -1.28. The smallest absolute Gasteiger partial charge is 0.341 e. The van der Waals surface area contributed by atoms with Crippen LogP contribution in [0, 0.1) is 17.0 Å². The summed E-state index contributed by atoms with van der Waals surface area (Å²) in [5.41, 5.74) is 1.24. The molecule has 0 saturated heterocycles. The number of hydrogen-bond donors (Lipinski definition) is 1. The average Bonchev–Trinajstić information content (AvgIpc) is 3.03. The van der Waals surface area contributed by atoms with Gasteiger partial charge >= 0.3 is 5.97 Å². The normalized spacial score (nSPS) is 10.4. The summed E-state index contributed by atoms with van der Waals surface area (Å²) in [6.07, 6.45) is 0. The van der Waals surface area contributed by atoms with Crippen molar-refractivity contribution in [3.8, 4) is 11.1 Å². The number of amides is 1. The maximum Gasteiger partial charge on any atom is 0.341 e. The van der Waals surface area contributed by atoms with Crippen LogP contribution in [0.15, 0.2) is 53.0 Å². The molecule has 1 aromatic heterocycles. The lowest BCUT2D eigenvalue weighted by molar-refractivity contribution is -0.385. The molecule has 0 aliphatic rings.